The zero-order chi connectivity index (χ0) is 18.7. The summed E-state index contributed by atoms with van der Waals surface area (Å²) in [4.78, 5) is 12.4. The van der Waals surface area contributed by atoms with Gasteiger partial charge in [0.15, 0.2) is 12.4 Å². The van der Waals surface area contributed by atoms with Gasteiger partial charge in [0, 0.05) is 12.1 Å². The molecule has 7 heteroatoms. The van der Waals surface area contributed by atoms with Gasteiger partial charge < -0.3 is 4.74 Å². The van der Waals surface area contributed by atoms with Crippen molar-refractivity contribution in [1.29, 1.82) is 5.26 Å². The average molecular weight is 370 g/mol. The zero-order valence-electron chi connectivity index (χ0n) is 14.3. The van der Waals surface area contributed by atoms with Gasteiger partial charge in [-0.3, -0.25) is 9.10 Å². The highest BCUT2D eigenvalue weighted by Gasteiger charge is 2.28. The number of sulfonamides is 1. The minimum Gasteiger partial charge on any atom is -0.485 e. The van der Waals surface area contributed by atoms with E-state index < -0.39 is 10.0 Å². The number of fused-ring (bicyclic) bond motifs is 1. The molecule has 0 spiro atoms. The molecular weight excluding hydrogens is 352 g/mol. The van der Waals surface area contributed by atoms with Crippen LogP contribution in [-0.4, -0.2) is 33.1 Å². The Morgan fingerprint density at radius 1 is 1.23 bits per heavy atom. The van der Waals surface area contributed by atoms with Crippen LogP contribution in [0.4, 0.5) is 5.69 Å². The molecule has 26 heavy (non-hydrogen) atoms. The van der Waals surface area contributed by atoms with Crippen LogP contribution >= 0.6 is 0 Å². The van der Waals surface area contributed by atoms with Crippen molar-refractivity contribution in [2.24, 2.45) is 0 Å². The Labute approximate surface area is 152 Å². The highest BCUT2D eigenvalue weighted by molar-refractivity contribution is 7.92. The molecule has 0 amide bonds. The predicted octanol–water partition coefficient (Wildman–Crippen LogP) is 2.53. The lowest BCUT2D eigenvalue weighted by atomic mass is 10.1. The second-order valence-electron chi connectivity index (χ2n) is 5.91. The van der Waals surface area contributed by atoms with Crippen LogP contribution in [0.25, 0.3) is 0 Å². The second-order valence-corrected chi connectivity index (χ2v) is 8.10. The summed E-state index contributed by atoms with van der Waals surface area (Å²) in [6.45, 7) is 1.90. The van der Waals surface area contributed by atoms with Crippen molar-refractivity contribution >= 4 is 21.5 Å². The van der Waals surface area contributed by atoms with E-state index in [0.29, 0.717) is 35.5 Å². The van der Waals surface area contributed by atoms with Crippen LogP contribution in [0.15, 0.2) is 42.5 Å². The highest BCUT2D eigenvalue weighted by atomic mass is 32.2. The zero-order valence-corrected chi connectivity index (χ0v) is 15.1. The monoisotopic (exact) mass is 370 g/mol. The van der Waals surface area contributed by atoms with E-state index in [1.54, 1.807) is 49.4 Å². The van der Waals surface area contributed by atoms with E-state index in [1.165, 1.54) is 4.31 Å². The molecule has 3 rings (SSSR count). The molecule has 1 aliphatic heterocycles. The second kappa shape index (κ2) is 7.18. The largest absolute Gasteiger partial charge is 0.485 e. The Morgan fingerprint density at radius 3 is 2.62 bits per heavy atom. The van der Waals surface area contributed by atoms with Crippen molar-refractivity contribution < 1.29 is 17.9 Å². The van der Waals surface area contributed by atoms with Gasteiger partial charge in [-0.1, -0.05) is 0 Å². The summed E-state index contributed by atoms with van der Waals surface area (Å²) < 4.78 is 31.1. The minimum atomic E-state index is -3.30. The summed E-state index contributed by atoms with van der Waals surface area (Å²) >= 11 is 0. The summed E-state index contributed by atoms with van der Waals surface area (Å²) in [5.74, 6) is 0.374. The predicted molar refractivity (Wildman–Crippen MR) is 97.9 cm³/mol. The molecule has 134 valence electrons. The standard InChI is InChI=1S/C19H18N2O4S/c1-2-26(23,24)21-10-9-15-11-16(5-8-18(15)21)19(22)13-25-17-6-3-14(12-20)4-7-17/h3-8,11H,2,9-10,13H2,1H3. The molecule has 0 unspecified atom stereocenters. The van der Waals surface area contributed by atoms with Crippen LogP contribution in [0.2, 0.25) is 0 Å². The Morgan fingerprint density at radius 2 is 1.96 bits per heavy atom. The maximum atomic E-state index is 12.4. The van der Waals surface area contributed by atoms with Gasteiger partial charge in [0.1, 0.15) is 5.75 Å². The molecule has 0 saturated heterocycles. The van der Waals surface area contributed by atoms with Crippen molar-refractivity contribution in [2.75, 3.05) is 23.2 Å². The van der Waals surface area contributed by atoms with E-state index in [9.17, 15) is 13.2 Å². The Kier molecular flexibility index (Phi) is 4.96. The first kappa shape index (κ1) is 18.0. The Bertz CT molecular complexity index is 976. The minimum absolute atomic E-state index is 0.0472. The van der Waals surface area contributed by atoms with Crippen LogP contribution in [0.1, 0.15) is 28.4 Å². The van der Waals surface area contributed by atoms with Gasteiger partial charge in [0.25, 0.3) is 0 Å². The first-order valence-corrected chi connectivity index (χ1v) is 9.85. The van der Waals surface area contributed by atoms with Gasteiger partial charge >= 0.3 is 0 Å². The van der Waals surface area contributed by atoms with Crippen molar-refractivity contribution in [3.63, 3.8) is 0 Å². The van der Waals surface area contributed by atoms with Gasteiger partial charge in [0.05, 0.1) is 23.1 Å². The first-order valence-electron chi connectivity index (χ1n) is 8.24. The number of Topliss-reactive ketones (excluding diaryl/α,β-unsaturated/α-hetero) is 1. The van der Waals surface area contributed by atoms with Crippen LogP contribution in [0.5, 0.6) is 5.75 Å². The van der Waals surface area contributed by atoms with Crippen molar-refractivity contribution in [3.8, 4) is 11.8 Å². The van der Waals surface area contributed by atoms with E-state index >= 15 is 0 Å². The van der Waals surface area contributed by atoms with E-state index in [1.807, 2.05) is 6.07 Å². The summed E-state index contributed by atoms with van der Waals surface area (Å²) in [7, 11) is -3.30. The van der Waals surface area contributed by atoms with E-state index in [-0.39, 0.29) is 18.1 Å². The SMILES string of the molecule is CCS(=O)(=O)N1CCc2cc(C(=O)COc3ccc(C#N)cc3)ccc21. The first-order chi connectivity index (χ1) is 12.4. The number of rotatable bonds is 6. The third-order valence-corrected chi connectivity index (χ3v) is 6.09. The molecule has 2 aromatic carbocycles. The molecule has 0 atom stereocenters. The molecule has 0 aromatic heterocycles. The number of hydrogen-bond acceptors (Lipinski definition) is 5. The van der Waals surface area contributed by atoms with Crippen molar-refractivity contribution in [1.82, 2.24) is 0 Å². The normalized spacial score (nSPS) is 13.2. The van der Waals surface area contributed by atoms with Crippen LogP contribution in [0, 0.1) is 11.3 Å². The molecule has 0 N–H and O–H groups in total. The third kappa shape index (κ3) is 3.55. The molecule has 0 fully saturated rings. The van der Waals surface area contributed by atoms with Crippen LogP contribution in [-0.2, 0) is 16.4 Å². The lowest BCUT2D eigenvalue weighted by Gasteiger charge is -2.18. The summed E-state index contributed by atoms with van der Waals surface area (Å²) in [5, 5.41) is 8.77. The average Bonchev–Trinajstić information content (AvgIpc) is 3.10. The molecule has 2 aromatic rings. The van der Waals surface area contributed by atoms with Gasteiger partial charge in [-0.2, -0.15) is 5.26 Å². The summed E-state index contributed by atoms with van der Waals surface area (Å²) in [5.41, 5.74) is 2.52. The molecule has 0 radical (unpaired) electrons. The summed E-state index contributed by atoms with van der Waals surface area (Å²) in [6, 6.07) is 13.6. The van der Waals surface area contributed by atoms with E-state index in [2.05, 4.69) is 0 Å². The fourth-order valence-corrected chi connectivity index (χ4v) is 4.01. The topological polar surface area (TPSA) is 87.5 Å². The number of nitriles is 1. The van der Waals surface area contributed by atoms with E-state index in [0.717, 1.165) is 5.56 Å². The summed E-state index contributed by atoms with van der Waals surface area (Å²) in [6.07, 6.45) is 0.589. The lowest BCUT2D eigenvalue weighted by molar-refractivity contribution is 0.0921. The van der Waals surface area contributed by atoms with E-state index in [4.69, 9.17) is 10.00 Å². The Hall–Kier alpha value is -2.85. The Balaban J connectivity index is 1.70. The smallest absolute Gasteiger partial charge is 0.234 e. The number of anilines is 1. The van der Waals surface area contributed by atoms with Gasteiger partial charge in [-0.25, -0.2) is 8.42 Å². The van der Waals surface area contributed by atoms with Crippen LogP contribution in [0.3, 0.4) is 0 Å². The fraction of sp³-hybridized carbons (Fsp3) is 0.263. The maximum absolute atomic E-state index is 12.4. The van der Waals surface area contributed by atoms with Crippen molar-refractivity contribution in [3.05, 3.63) is 59.2 Å². The molecule has 0 aliphatic carbocycles. The fourth-order valence-electron chi connectivity index (χ4n) is 2.85. The number of ketones is 1. The molecule has 0 saturated carbocycles. The number of carbonyl (C=O) groups is 1. The highest BCUT2D eigenvalue weighted by Crippen LogP contribution is 2.31. The number of ether oxygens (including phenoxy) is 1. The number of benzene rings is 2. The third-order valence-electron chi connectivity index (χ3n) is 4.31. The molecule has 1 heterocycles. The number of carbonyl (C=O) groups excluding carboxylic acids is 1. The van der Waals surface area contributed by atoms with Gasteiger partial charge in [-0.05, 0) is 61.4 Å². The number of hydrogen-bond donors (Lipinski definition) is 0. The molecule has 6 nitrogen and oxygen atoms in total. The van der Waals surface area contributed by atoms with Crippen LogP contribution < -0.4 is 9.04 Å². The lowest BCUT2D eigenvalue weighted by Crippen LogP contribution is -2.30. The van der Waals surface area contributed by atoms with Gasteiger partial charge in [0.2, 0.25) is 10.0 Å². The number of nitrogens with zero attached hydrogens (tertiary/aromatic N) is 2. The van der Waals surface area contributed by atoms with Gasteiger partial charge in [-0.15, -0.1) is 0 Å². The molecule has 1 aliphatic rings. The maximum Gasteiger partial charge on any atom is 0.234 e. The molecular formula is C19H18N2O4S. The quantitative estimate of drug-likeness (QED) is 0.729. The van der Waals surface area contributed by atoms with Crippen molar-refractivity contribution in [2.45, 2.75) is 13.3 Å². The molecule has 0 bridgehead atoms.